The van der Waals surface area contributed by atoms with Gasteiger partial charge < -0.3 is 18.9 Å². The van der Waals surface area contributed by atoms with Crippen LogP contribution in [0.15, 0.2) is 91.0 Å². The molecular formula is C30H37O6P. The van der Waals surface area contributed by atoms with Crippen molar-refractivity contribution in [2.45, 2.75) is 51.3 Å². The summed E-state index contributed by atoms with van der Waals surface area (Å²) in [6, 6.07) is 30.1. The van der Waals surface area contributed by atoms with Crippen molar-refractivity contribution in [2.75, 3.05) is 19.9 Å². The Morgan fingerprint density at radius 3 is 1.65 bits per heavy atom. The van der Waals surface area contributed by atoms with E-state index in [4.69, 9.17) is 23.5 Å². The summed E-state index contributed by atoms with van der Waals surface area (Å²) in [6.45, 7) is 6.75. The zero-order chi connectivity index (χ0) is 26.1. The van der Waals surface area contributed by atoms with Gasteiger partial charge in [-0.3, -0.25) is 9.09 Å². The largest absolute Gasteiger partial charge is 0.374 e. The van der Waals surface area contributed by atoms with Gasteiger partial charge in [0.2, 0.25) is 0 Å². The van der Waals surface area contributed by atoms with E-state index in [0.717, 1.165) is 16.7 Å². The molecule has 0 saturated carbocycles. The SMILES string of the molecule is CC1C(OP(C)(C)=O)OC(COCc2ccccc2)C(OCc2ccccc2)C1OCc1ccccc1. The summed E-state index contributed by atoms with van der Waals surface area (Å²) in [4.78, 5) is 0. The maximum absolute atomic E-state index is 12.6. The van der Waals surface area contributed by atoms with Crippen LogP contribution in [0.2, 0.25) is 0 Å². The van der Waals surface area contributed by atoms with E-state index in [0.29, 0.717) is 19.8 Å². The van der Waals surface area contributed by atoms with E-state index in [1.165, 1.54) is 0 Å². The molecule has 0 radical (unpaired) electrons. The van der Waals surface area contributed by atoms with E-state index < -0.39 is 25.9 Å². The van der Waals surface area contributed by atoms with Crippen LogP contribution in [-0.2, 0) is 47.9 Å². The Labute approximate surface area is 220 Å². The maximum atomic E-state index is 12.6. The minimum absolute atomic E-state index is 0.219. The van der Waals surface area contributed by atoms with Gasteiger partial charge in [0.25, 0.3) is 0 Å². The smallest absolute Gasteiger partial charge is 0.199 e. The Balaban J connectivity index is 1.54. The number of hydrogen-bond acceptors (Lipinski definition) is 6. The number of ether oxygens (including phenoxy) is 4. The molecule has 198 valence electrons. The van der Waals surface area contributed by atoms with Gasteiger partial charge in [-0.15, -0.1) is 0 Å². The molecule has 3 aromatic carbocycles. The zero-order valence-corrected chi connectivity index (χ0v) is 22.7. The van der Waals surface area contributed by atoms with Gasteiger partial charge in [-0.1, -0.05) is 97.9 Å². The van der Waals surface area contributed by atoms with Gasteiger partial charge in [-0.05, 0) is 16.7 Å². The van der Waals surface area contributed by atoms with Crippen LogP contribution in [-0.4, -0.2) is 44.5 Å². The van der Waals surface area contributed by atoms with Crippen LogP contribution in [0.4, 0.5) is 0 Å². The van der Waals surface area contributed by atoms with Gasteiger partial charge in [0.1, 0.15) is 12.2 Å². The lowest BCUT2D eigenvalue weighted by molar-refractivity contribution is -0.281. The summed E-state index contributed by atoms with van der Waals surface area (Å²) in [5.41, 5.74) is 3.20. The van der Waals surface area contributed by atoms with E-state index in [9.17, 15) is 4.57 Å². The van der Waals surface area contributed by atoms with Crippen LogP contribution in [0.3, 0.4) is 0 Å². The molecule has 0 bridgehead atoms. The van der Waals surface area contributed by atoms with Gasteiger partial charge in [-0.2, -0.15) is 0 Å². The normalized spacial score (nSPS) is 24.1. The van der Waals surface area contributed by atoms with E-state index >= 15 is 0 Å². The van der Waals surface area contributed by atoms with Crippen LogP contribution in [0.25, 0.3) is 0 Å². The van der Waals surface area contributed by atoms with Crippen molar-refractivity contribution >= 4 is 7.37 Å². The minimum atomic E-state index is -2.82. The third kappa shape index (κ3) is 8.61. The fourth-order valence-electron chi connectivity index (χ4n) is 4.39. The molecule has 0 N–H and O–H groups in total. The van der Waals surface area contributed by atoms with Crippen molar-refractivity contribution in [2.24, 2.45) is 5.92 Å². The zero-order valence-electron chi connectivity index (χ0n) is 21.8. The van der Waals surface area contributed by atoms with Crippen LogP contribution in [0.5, 0.6) is 0 Å². The van der Waals surface area contributed by atoms with Crippen molar-refractivity contribution < 1.29 is 28.0 Å². The predicted molar refractivity (Wildman–Crippen MR) is 145 cm³/mol. The highest BCUT2D eigenvalue weighted by Crippen LogP contribution is 2.44. The van der Waals surface area contributed by atoms with Crippen LogP contribution in [0, 0.1) is 5.92 Å². The molecule has 0 aliphatic carbocycles. The fraction of sp³-hybridized carbons (Fsp3) is 0.400. The molecule has 1 aliphatic heterocycles. The molecule has 5 atom stereocenters. The lowest BCUT2D eigenvalue weighted by atomic mass is 9.92. The average Bonchev–Trinajstić information content (AvgIpc) is 2.90. The van der Waals surface area contributed by atoms with Gasteiger partial charge in [0, 0.05) is 19.2 Å². The quantitative estimate of drug-likeness (QED) is 0.260. The second-order valence-corrected chi connectivity index (χ2v) is 12.5. The lowest BCUT2D eigenvalue weighted by Crippen LogP contribution is -2.57. The summed E-state index contributed by atoms with van der Waals surface area (Å²) in [5.74, 6) is -0.219. The summed E-state index contributed by atoms with van der Waals surface area (Å²) in [6.07, 6.45) is -1.95. The first-order valence-electron chi connectivity index (χ1n) is 12.7. The summed E-state index contributed by atoms with van der Waals surface area (Å²) in [5, 5.41) is 0. The summed E-state index contributed by atoms with van der Waals surface area (Å²) in [7, 11) is -2.82. The van der Waals surface area contributed by atoms with Gasteiger partial charge in [0.15, 0.2) is 13.7 Å². The summed E-state index contributed by atoms with van der Waals surface area (Å²) < 4.78 is 44.0. The van der Waals surface area contributed by atoms with E-state index in [1.807, 2.05) is 97.9 Å². The molecule has 7 heteroatoms. The molecule has 0 aromatic heterocycles. The standard InChI is InChI=1S/C30H37O6P/c1-23-28(33-20-25-15-9-5-10-16-25)29(34-21-26-17-11-6-12-18-26)27(35-30(23)36-37(2,3)31)22-32-19-24-13-7-4-8-14-24/h4-18,23,27-30H,19-22H2,1-3H3. The van der Waals surface area contributed by atoms with Crippen LogP contribution >= 0.6 is 7.37 Å². The number of rotatable bonds is 12. The third-order valence-electron chi connectivity index (χ3n) is 6.27. The van der Waals surface area contributed by atoms with Crippen molar-refractivity contribution in [3.8, 4) is 0 Å². The van der Waals surface area contributed by atoms with Gasteiger partial charge >= 0.3 is 0 Å². The van der Waals surface area contributed by atoms with E-state index in [2.05, 4.69) is 0 Å². The van der Waals surface area contributed by atoms with E-state index in [-0.39, 0.29) is 18.6 Å². The maximum Gasteiger partial charge on any atom is 0.199 e. The second-order valence-electron chi connectivity index (χ2n) is 9.78. The highest BCUT2D eigenvalue weighted by molar-refractivity contribution is 7.57. The molecule has 6 nitrogen and oxygen atoms in total. The molecule has 0 spiro atoms. The molecule has 1 heterocycles. The Kier molecular flexibility index (Phi) is 10.1. The monoisotopic (exact) mass is 524 g/mol. The molecule has 3 aromatic rings. The molecular weight excluding hydrogens is 487 g/mol. The van der Waals surface area contributed by atoms with Crippen molar-refractivity contribution in [1.29, 1.82) is 0 Å². The molecule has 37 heavy (non-hydrogen) atoms. The molecule has 1 fully saturated rings. The van der Waals surface area contributed by atoms with Crippen LogP contribution in [0.1, 0.15) is 23.6 Å². The average molecular weight is 525 g/mol. The predicted octanol–water partition coefficient (Wildman–Crippen LogP) is 6.29. The van der Waals surface area contributed by atoms with Gasteiger partial charge in [-0.25, -0.2) is 0 Å². The third-order valence-corrected chi connectivity index (χ3v) is 6.98. The fourth-order valence-corrected chi connectivity index (χ4v) is 5.14. The van der Waals surface area contributed by atoms with Crippen molar-refractivity contribution in [1.82, 2.24) is 0 Å². The first-order valence-corrected chi connectivity index (χ1v) is 15.2. The van der Waals surface area contributed by atoms with Crippen molar-refractivity contribution in [3.05, 3.63) is 108 Å². The Bertz CT molecular complexity index is 1100. The number of benzene rings is 3. The van der Waals surface area contributed by atoms with E-state index in [1.54, 1.807) is 13.3 Å². The molecule has 1 aliphatic rings. The molecule has 5 unspecified atom stereocenters. The van der Waals surface area contributed by atoms with Crippen LogP contribution < -0.4 is 0 Å². The Hall–Kier alpha value is -2.31. The second kappa shape index (κ2) is 13.5. The molecule has 4 rings (SSSR count). The minimum Gasteiger partial charge on any atom is -0.374 e. The van der Waals surface area contributed by atoms with Gasteiger partial charge in [0.05, 0.1) is 32.5 Å². The highest BCUT2D eigenvalue weighted by atomic mass is 31.2. The molecule has 0 amide bonds. The Morgan fingerprint density at radius 2 is 1.16 bits per heavy atom. The summed E-state index contributed by atoms with van der Waals surface area (Å²) >= 11 is 0. The Morgan fingerprint density at radius 1 is 0.703 bits per heavy atom. The first kappa shape index (κ1) is 27.7. The molecule has 1 saturated heterocycles. The topological polar surface area (TPSA) is 63.2 Å². The highest BCUT2D eigenvalue weighted by Gasteiger charge is 2.47. The lowest BCUT2D eigenvalue weighted by Gasteiger charge is -2.45. The first-order chi connectivity index (χ1) is 17.9. The van der Waals surface area contributed by atoms with Crippen molar-refractivity contribution in [3.63, 3.8) is 0 Å². The number of hydrogen-bond donors (Lipinski definition) is 0.